The van der Waals surface area contributed by atoms with E-state index in [4.69, 9.17) is 15.0 Å². The number of hydrogen-bond donors (Lipinski definition) is 0. The lowest BCUT2D eigenvalue weighted by Gasteiger charge is -2.24. The zero-order chi connectivity index (χ0) is 48.0. The predicted molar refractivity (Wildman–Crippen MR) is 295 cm³/mol. The fraction of sp³-hybridized carbons (Fsp3) is 0.132. The molecule has 3 aliphatic rings. The molecular formula is C68H51N3. The van der Waals surface area contributed by atoms with Crippen LogP contribution in [-0.2, 0) is 16.2 Å². The Hall–Kier alpha value is -8.27. The Morgan fingerprint density at radius 3 is 1.00 bits per heavy atom. The third kappa shape index (κ3) is 5.99. The predicted octanol–water partition coefficient (Wildman–Crippen LogP) is 17.4. The number of nitrogens with zero attached hydrogens (tertiary/aromatic N) is 3. The highest BCUT2D eigenvalue weighted by molar-refractivity contribution is 6.22. The van der Waals surface area contributed by atoms with Gasteiger partial charge in [0.2, 0.25) is 0 Å². The number of fused-ring (bicyclic) bond motifs is 11. The van der Waals surface area contributed by atoms with Gasteiger partial charge in [-0.3, -0.25) is 0 Å². The third-order valence-electron chi connectivity index (χ3n) is 16.5. The molecule has 14 rings (SSSR count). The fourth-order valence-electron chi connectivity index (χ4n) is 12.8. The highest BCUT2D eigenvalue weighted by atomic mass is 15.0. The van der Waals surface area contributed by atoms with Gasteiger partial charge in [0.1, 0.15) is 0 Å². The van der Waals surface area contributed by atoms with Crippen LogP contribution < -0.4 is 0 Å². The van der Waals surface area contributed by atoms with Gasteiger partial charge in [0.25, 0.3) is 0 Å². The molecule has 0 unspecified atom stereocenters. The van der Waals surface area contributed by atoms with Crippen LogP contribution in [0.25, 0.3) is 111 Å². The second-order valence-corrected chi connectivity index (χ2v) is 21.5. The molecule has 3 aliphatic carbocycles. The maximum absolute atomic E-state index is 5.42. The highest BCUT2D eigenvalue weighted by Crippen LogP contribution is 2.55. The normalized spacial score (nSPS) is 15.0. The molecule has 0 saturated heterocycles. The minimum atomic E-state index is -0.318. The SMILES string of the molecule is CC1(C)c2ccccc2-c2ccc(-c3nc(-c4ccc5c(c4)C(C)(C)c4ccccc4-5)nc(-c4ccc5c(c4)C(C)(C)c4cc6c(-c7ccccc7)c7ccccc7c(-c7ccccc7)c6cc4-5)n3)cc21. The third-order valence-corrected chi connectivity index (χ3v) is 16.5. The molecule has 0 N–H and O–H groups in total. The first-order valence-electron chi connectivity index (χ1n) is 25.0. The van der Waals surface area contributed by atoms with E-state index in [1.165, 1.54) is 111 Å². The van der Waals surface area contributed by atoms with E-state index < -0.39 is 0 Å². The van der Waals surface area contributed by atoms with Crippen molar-refractivity contribution in [1.29, 1.82) is 0 Å². The largest absolute Gasteiger partial charge is 0.208 e. The number of aromatic nitrogens is 3. The molecule has 0 spiro atoms. The van der Waals surface area contributed by atoms with Crippen molar-refractivity contribution in [3.63, 3.8) is 0 Å². The number of rotatable bonds is 5. The van der Waals surface area contributed by atoms with E-state index in [-0.39, 0.29) is 16.2 Å². The lowest BCUT2D eigenvalue weighted by atomic mass is 9.79. The first-order chi connectivity index (χ1) is 34.5. The van der Waals surface area contributed by atoms with Crippen LogP contribution in [0.15, 0.2) is 200 Å². The Kier molecular flexibility index (Phi) is 8.73. The molecule has 0 bridgehead atoms. The molecule has 11 aromatic rings. The van der Waals surface area contributed by atoms with Crippen LogP contribution in [0.5, 0.6) is 0 Å². The van der Waals surface area contributed by atoms with E-state index in [1.807, 2.05) is 0 Å². The fourth-order valence-corrected chi connectivity index (χ4v) is 12.8. The molecule has 71 heavy (non-hydrogen) atoms. The van der Waals surface area contributed by atoms with Crippen molar-refractivity contribution in [2.24, 2.45) is 0 Å². The van der Waals surface area contributed by atoms with Gasteiger partial charge in [-0.2, -0.15) is 0 Å². The molecule has 0 saturated carbocycles. The Balaban J connectivity index is 0.962. The topological polar surface area (TPSA) is 38.7 Å². The van der Waals surface area contributed by atoms with Crippen LogP contribution in [0.4, 0.5) is 0 Å². The molecule has 1 heterocycles. The highest BCUT2D eigenvalue weighted by Gasteiger charge is 2.39. The summed E-state index contributed by atoms with van der Waals surface area (Å²) in [5.41, 5.74) is 22.8. The molecule has 1 aromatic heterocycles. The molecule has 0 aliphatic heterocycles. The van der Waals surface area contributed by atoms with Gasteiger partial charge in [-0.25, -0.2) is 15.0 Å². The summed E-state index contributed by atoms with van der Waals surface area (Å²) in [6.07, 6.45) is 0. The van der Waals surface area contributed by atoms with Gasteiger partial charge in [-0.1, -0.05) is 211 Å². The van der Waals surface area contributed by atoms with Crippen LogP contribution in [0.3, 0.4) is 0 Å². The molecule has 0 fully saturated rings. The first-order valence-corrected chi connectivity index (χ1v) is 25.0. The van der Waals surface area contributed by atoms with Crippen LogP contribution >= 0.6 is 0 Å². The van der Waals surface area contributed by atoms with E-state index in [9.17, 15) is 0 Å². The van der Waals surface area contributed by atoms with Gasteiger partial charge in [0.05, 0.1) is 0 Å². The van der Waals surface area contributed by atoms with Gasteiger partial charge in [0, 0.05) is 32.9 Å². The van der Waals surface area contributed by atoms with Crippen molar-refractivity contribution < 1.29 is 0 Å². The summed E-state index contributed by atoms with van der Waals surface area (Å²) in [5.74, 6) is 2.01. The van der Waals surface area contributed by atoms with Crippen molar-refractivity contribution in [3.05, 3.63) is 234 Å². The summed E-state index contributed by atoms with van der Waals surface area (Å²) in [4.78, 5) is 16.2. The van der Waals surface area contributed by atoms with E-state index >= 15 is 0 Å². The summed E-state index contributed by atoms with van der Waals surface area (Å²) in [6.45, 7) is 14.1. The quantitative estimate of drug-likeness (QED) is 0.162. The summed E-state index contributed by atoms with van der Waals surface area (Å²) in [5, 5.41) is 5.04. The summed E-state index contributed by atoms with van der Waals surface area (Å²) in [7, 11) is 0. The molecule has 10 aromatic carbocycles. The maximum atomic E-state index is 5.42. The lowest BCUT2D eigenvalue weighted by Crippen LogP contribution is -2.15. The summed E-state index contributed by atoms with van der Waals surface area (Å²) >= 11 is 0. The monoisotopic (exact) mass is 909 g/mol. The van der Waals surface area contributed by atoms with E-state index in [1.54, 1.807) is 0 Å². The molecule has 0 amide bonds. The minimum Gasteiger partial charge on any atom is -0.208 e. The van der Waals surface area contributed by atoms with Crippen molar-refractivity contribution in [1.82, 2.24) is 15.0 Å². The van der Waals surface area contributed by atoms with E-state index in [2.05, 4.69) is 242 Å². The minimum absolute atomic E-state index is 0.164. The van der Waals surface area contributed by atoms with Crippen molar-refractivity contribution >= 4 is 21.5 Å². The van der Waals surface area contributed by atoms with Gasteiger partial charge >= 0.3 is 0 Å². The van der Waals surface area contributed by atoms with Crippen LogP contribution in [0.2, 0.25) is 0 Å². The zero-order valence-electron chi connectivity index (χ0n) is 40.9. The second-order valence-electron chi connectivity index (χ2n) is 21.5. The van der Waals surface area contributed by atoms with Gasteiger partial charge in [-0.15, -0.1) is 0 Å². The lowest BCUT2D eigenvalue weighted by molar-refractivity contribution is 0.660. The van der Waals surface area contributed by atoms with E-state index in [0.717, 1.165) is 16.7 Å². The molecule has 3 heteroatoms. The first kappa shape index (κ1) is 41.7. The maximum Gasteiger partial charge on any atom is 0.164 e. The van der Waals surface area contributed by atoms with Gasteiger partial charge < -0.3 is 0 Å². The second kappa shape index (κ2) is 14.9. The Morgan fingerprint density at radius 2 is 0.563 bits per heavy atom. The zero-order valence-corrected chi connectivity index (χ0v) is 40.9. The molecular weight excluding hydrogens is 859 g/mol. The molecule has 3 nitrogen and oxygen atoms in total. The number of hydrogen-bond acceptors (Lipinski definition) is 3. The van der Waals surface area contributed by atoms with Crippen LogP contribution in [-0.4, -0.2) is 15.0 Å². The van der Waals surface area contributed by atoms with Crippen molar-refractivity contribution in [3.8, 4) is 89.8 Å². The standard InChI is InChI=1S/C68H51N3/c1-66(2)55-27-17-15-23-45(55)47-32-29-42(35-57(47)66)63-69-64(43-30-33-48-46-24-16-18-28-56(46)67(3,4)58(48)36-43)71-65(70-63)44-31-34-49-52-38-53-54(39-60(52)68(5,6)59(49)37-44)62(41-21-11-8-12-22-41)51-26-14-13-25-50(51)61(53)40-19-9-7-10-20-40/h7-39H,1-6H3. The smallest absolute Gasteiger partial charge is 0.164 e. The van der Waals surface area contributed by atoms with Crippen LogP contribution in [0, 0.1) is 0 Å². The van der Waals surface area contributed by atoms with Crippen LogP contribution in [0.1, 0.15) is 74.9 Å². The average Bonchev–Trinajstić information content (AvgIpc) is 3.88. The average molecular weight is 910 g/mol. The summed E-state index contributed by atoms with van der Waals surface area (Å²) < 4.78 is 0. The number of benzene rings is 10. The molecule has 0 radical (unpaired) electrons. The van der Waals surface area contributed by atoms with E-state index in [0.29, 0.717) is 17.5 Å². The Labute approximate surface area is 415 Å². The van der Waals surface area contributed by atoms with Gasteiger partial charge in [-0.05, 0) is 141 Å². The van der Waals surface area contributed by atoms with Gasteiger partial charge in [0.15, 0.2) is 17.5 Å². The molecule has 338 valence electrons. The summed E-state index contributed by atoms with van der Waals surface area (Å²) in [6, 6.07) is 73.9. The Morgan fingerprint density at radius 1 is 0.239 bits per heavy atom. The molecule has 0 atom stereocenters. The van der Waals surface area contributed by atoms with Crippen molar-refractivity contribution in [2.75, 3.05) is 0 Å². The van der Waals surface area contributed by atoms with Crippen molar-refractivity contribution in [2.45, 2.75) is 57.8 Å². The Bertz CT molecular complexity index is 3940.